The molecule has 2 rings (SSSR count). The lowest BCUT2D eigenvalue weighted by Crippen LogP contribution is -2.31. The minimum atomic E-state index is -0.404. The topological polar surface area (TPSA) is 62.5 Å². The lowest BCUT2D eigenvalue weighted by molar-refractivity contribution is -0.116. The van der Waals surface area contributed by atoms with Gasteiger partial charge in [0.15, 0.2) is 0 Å². The Bertz CT molecular complexity index is 418. The van der Waals surface area contributed by atoms with Gasteiger partial charge in [0, 0.05) is 12.6 Å². The van der Waals surface area contributed by atoms with Gasteiger partial charge >= 0.3 is 0 Å². The molecule has 0 aliphatic heterocycles. The molecule has 4 heteroatoms. The molecular formula is C13H17NO3. The first-order chi connectivity index (χ1) is 8.15. The molecule has 0 spiro atoms. The largest absolute Gasteiger partial charge is 0.462 e. The summed E-state index contributed by atoms with van der Waals surface area (Å²) in [4.78, 5) is 11.4. The van der Waals surface area contributed by atoms with Crippen LogP contribution in [0.15, 0.2) is 22.6 Å². The minimum absolute atomic E-state index is 0.209. The van der Waals surface area contributed by atoms with E-state index in [0.717, 1.165) is 18.6 Å². The summed E-state index contributed by atoms with van der Waals surface area (Å²) in [5, 5.41) is 12.2. The molecule has 1 amide bonds. The summed E-state index contributed by atoms with van der Waals surface area (Å²) in [6, 6.07) is 3.65. The van der Waals surface area contributed by atoms with Gasteiger partial charge in [-0.3, -0.25) is 4.79 Å². The molecule has 92 valence electrons. The van der Waals surface area contributed by atoms with Crippen molar-refractivity contribution in [1.29, 1.82) is 0 Å². The van der Waals surface area contributed by atoms with E-state index in [1.807, 2.05) is 13.0 Å². The van der Waals surface area contributed by atoms with Gasteiger partial charge in [-0.1, -0.05) is 0 Å². The van der Waals surface area contributed by atoms with Crippen LogP contribution in [0, 0.1) is 12.8 Å². The van der Waals surface area contributed by atoms with Crippen molar-refractivity contribution in [3.63, 3.8) is 0 Å². The predicted molar refractivity (Wildman–Crippen MR) is 64.2 cm³/mol. The van der Waals surface area contributed by atoms with Crippen LogP contribution in [0.4, 0.5) is 0 Å². The van der Waals surface area contributed by atoms with Crippen molar-refractivity contribution < 1.29 is 14.3 Å². The second-order valence-electron chi connectivity index (χ2n) is 4.43. The summed E-state index contributed by atoms with van der Waals surface area (Å²) >= 11 is 0. The van der Waals surface area contributed by atoms with Crippen LogP contribution >= 0.6 is 0 Å². The van der Waals surface area contributed by atoms with Gasteiger partial charge in [-0.25, -0.2) is 0 Å². The Labute approximate surface area is 100 Å². The van der Waals surface area contributed by atoms with Crippen molar-refractivity contribution >= 4 is 12.0 Å². The lowest BCUT2D eigenvalue weighted by Gasteiger charge is -2.08. The van der Waals surface area contributed by atoms with Gasteiger partial charge in [-0.05, 0) is 43.9 Å². The van der Waals surface area contributed by atoms with Crippen LogP contribution in [0.5, 0.6) is 0 Å². The number of hydrogen-bond acceptors (Lipinski definition) is 3. The number of aliphatic hydroxyl groups is 1. The van der Waals surface area contributed by atoms with Crippen LogP contribution in [0.1, 0.15) is 24.4 Å². The van der Waals surface area contributed by atoms with Crippen molar-refractivity contribution in [3.05, 3.63) is 29.7 Å². The van der Waals surface area contributed by atoms with Crippen LogP contribution < -0.4 is 5.32 Å². The van der Waals surface area contributed by atoms with E-state index in [2.05, 4.69) is 5.32 Å². The Morgan fingerprint density at radius 2 is 2.41 bits per heavy atom. The zero-order valence-electron chi connectivity index (χ0n) is 9.85. The number of carbonyl (C=O) groups is 1. The molecule has 1 aromatic rings. The zero-order chi connectivity index (χ0) is 12.3. The normalized spacial score (nSPS) is 17.3. The maximum Gasteiger partial charge on any atom is 0.244 e. The van der Waals surface area contributed by atoms with Crippen molar-refractivity contribution in [2.24, 2.45) is 5.92 Å². The van der Waals surface area contributed by atoms with E-state index in [1.165, 1.54) is 6.08 Å². The Morgan fingerprint density at radius 1 is 1.65 bits per heavy atom. The van der Waals surface area contributed by atoms with Gasteiger partial charge in [-0.15, -0.1) is 0 Å². The van der Waals surface area contributed by atoms with Gasteiger partial charge in [0.2, 0.25) is 5.91 Å². The molecule has 1 saturated carbocycles. The molecule has 1 aromatic heterocycles. The van der Waals surface area contributed by atoms with Crippen LogP contribution in [-0.2, 0) is 4.79 Å². The third-order valence-corrected chi connectivity index (χ3v) is 2.81. The van der Waals surface area contributed by atoms with E-state index in [4.69, 9.17) is 4.42 Å². The molecule has 17 heavy (non-hydrogen) atoms. The number of hydrogen-bond donors (Lipinski definition) is 2. The zero-order valence-corrected chi connectivity index (χ0v) is 9.85. The molecule has 2 N–H and O–H groups in total. The van der Waals surface area contributed by atoms with Crippen molar-refractivity contribution in [3.8, 4) is 0 Å². The molecule has 1 atom stereocenters. The van der Waals surface area contributed by atoms with Crippen molar-refractivity contribution in [2.45, 2.75) is 25.9 Å². The van der Waals surface area contributed by atoms with Gasteiger partial charge in [0.05, 0.1) is 6.10 Å². The summed E-state index contributed by atoms with van der Waals surface area (Å²) in [6.07, 6.45) is 4.76. The molecule has 1 unspecified atom stereocenters. The Hall–Kier alpha value is -1.55. The fraction of sp³-hybridized carbons (Fsp3) is 0.462. The molecule has 1 aliphatic rings. The van der Waals surface area contributed by atoms with Crippen LogP contribution in [-0.4, -0.2) is 23.7 Å². The van der Waals surface area contributed by atoms with Crippen LogP contribution in [0.2, 0.25) is 0 Å². The van der Waals surface area contributed by atoms with Gasteiger partial charge in [-0.2, -0.15) is 0 Å². The molecule has 0 bridgehead atoms. The number of furan rings is 1. The van der Waals surface area contributed by atoms with E-state index in [0.29, 0.717) is 18.2 Å². The molecule has 1 aliphatic carbocycles. The third-order valence-electron chi connectivity index (χ3n) is 2.81. The number of carbonyl (C=O) groups excluding carboxylic acids is 1. The number of nitrogens with one attached hydrogen (secondary N) is 1. The highest BCUT2D eigenvalue weighted by Gasteiger charge is 2.29. The molecule has 4 nitrogen and oxygen atoms in total. The van der Waals surface area contributed by atoms with E-state index < -0.39 is 6.10 Å². The van der Waals surface area contributed by atoms with E-state index in [9.17, 15) is 9.90 Å². The van der Waals surface area contributed by atoms with E-state index >= 15 is 0 Å². The Morgan fingerprint density at radius 3 is 3.00 bits per heavy atom. The summed E-state index contributed by atoms with van der Waals surface area (Å²) in [6.45, 7) is 2.18. The average Bonchev–Trinajstić information content (AvgIpc) is 3.07. The molecule has 0 radical (unpaired) electrons. The SMILES string of the molecule is Cc1ccc(C=CC(=O)NCC(O)C2CC2)o1. The Kier molecular flexibility index (Phi) is 3.64. The first-order valence-corrected chi connectivity index (χ1v) is 5.85. The quantitative estimate of drug-likeness (QED) is 0.760. The number of aryl methyl sites for hydroxylation is 1. The molecule has 0 aromatic carbocycles. The first-order valence-electron chi connectivity index (χ1n) is 5.85. The standard InChI is InChI=1S/C13H17NO3/c1-9-2-5-11(17-9)6-7-13(16)14-8-12(15)10-3-4-10/h2,5-7,10,12,15H,3-4,8H2,1H3,(H,14,16). The third kappa shape index (κ3) is 3.75. The van der Waals surface area contributed by atoms with Gasteiger partial charge < -0.3 is 14.8 Å². The summed E-state index contributed by atoms with van der Waals surface area (Å²) in [5.41, 5.74) is 0. The number of aliphatic hydroxyl groups excluding tert-OH is 1. The Balaban J connectivity index is 1.74. The summed E-state index contributed by atoms with van der Waals surface area (Å²) in [7, 11) is 0. The predicted octanol–water partition coefficient (Wildman–Crippen LogP) is 1.49. The van der Waals surface area contributed by atoms with Gasteiger partial charge in [0.1, 0.15) is 11.5 Å². The molecule has 1 heterocycles. The van der Waals surface area contributed by atoms with E-state index in [-0.39, 0.29) is 5.91 Å². The second-order valence-corrected chi connectivity index (χ2v) is 4.43. The monoisotopic (exact) mass is 235 g/mol. The second kappa shape index (κ2) is 5.19. The highest BCUT2D eigenvalue weighted by Crippen LogP contribution is 2.32. The minimum Gasteiger partial charge on any atom is -0.462 e. The fourth-order valence-electron chi connectivity index (χ4n) is 1.61. The fourth-order valence-corrected chi connectivity index (χ4v) is 1.61. The smallest absolute Gasteiger partial charge is 0.244 e. The summed E-state index contributed by atoms with van der Waals surface area (Å²) in [5.74, 6) is 1.64. The first kappa shape index (κ1) is 11.9. The van der Waals surface area contributed by atoms with Gasteiger partial charge in [0.25, 0.3) is 0 Å². The van der Waals surface area contributed by atoms with Crippen LogP contribution in [0.3, 0.4) is 0 Å². The highest BCUT2D eigenvalue weighted by molar-refractivity contribution is 5.91. The maximum absolute atomic E-state index is 11.4. The van der Waals surface area contributed by atoms with E-state index in [1.54, 1.807) is 12.1 Å². The van der Waals surface area contributed by atoms with Crippen LogP contribution in [0.25, 0.3) is 6.08 Å². The maximum atomic E-state index is 11.4. The number of amides is 1. The van der Waals surface area contributed by atoms with Crippen molar-refractivity contribution in [1.82, 2.24) is 5.32 Å². The molecule has 1 fully saturated rings. The highest BCUT2D eigenvalue weighted by atomic mass is 16.3. The summed E-state index contributed by atoms with van der Waals surface area (Å²) < 4.78 is 5.29. The number of rotatable bonds is 5. The molecular weight excluding hydrogens is 218 g/mol. The van der Waals surface area contributed by atoms with Crippen molar-refractivity contribution in [2.75, 3.05) is 6.54 Å². The molecule has 0 saturated heterocycles. The lowest BCUT2D eigenvalue weighted by atomic mass is 10.2. The average molecular weight is 235 g/mol.